The van der Waals surface area contributed by atoms with E-state index in [4.69, 9.17) is 4.42 Å². The molecule has 1 saturated carbocycles. The SMILES string of the molecule is N#CC1=C(N2CCN(C(=O)c3ccco3)CC2)C2CCCCC2N(Cc2ccc3ccccc3c2)C1=O. The summed E-state index contributed by atoms with van der Waals surface area (Å²) in [5.41, 5.74) is 2.26. The Balaban J connectivity index is 1.26. The van der Waals surface area contributed by atoms with Gasteiger partial charge in [0.25, 0.3) is 11.8 Å². The molecule has 1 aliphatic carbocycles. The van der Waals surface area contributed by atoms with Gasteiger partial charge in [0.1, 0.15) is 11.6 Å². The fourth-order valence-electron chi connectivity index (χ4n) is 6.32. The minimum Gasteiger partial charge on any atom is -0.459 e. The monoisotopic (exact) mass is 494 g/mol. The molecule has 3 aromatic rings. The van der Waals surface area contributed by atoms with Crippen LogP contribution < -0.4 is 0 Å². The number of carbonyl (C=O) groups is 2. The first kappa shape index (κ1) is 23.4. The zero-order valence-corrected chi connectivity index (χ0v) is 20.8. The minimum absolute atomic E-state index is 0.0857. The molecule has 1 saturated heterocycles. The van der Waals surface area contributed by atoms with Gasteiger partial charge in [-0.3, -0.25) is 9.59 Å². The molecule has 1 aromatic heterocycles. The molecular weight excluding hydrogens is 464 g/mol. The highest BCUT2D eigenvalue weighted by atomic mass is 16.3. The number of benzene rings is 2. The van der Waals surface area contributed by atoms with Crippen molar-refractivity contribution in [2.75, 3.05) is 26.2 Å². The number of fused-ring (bicyclic) bond motifs is 2. The van der Waals surface area contributed by atoms with Crippen LogP contribution in [-0.4, -0.2) is 58.7 Å². The second kappa shape index (κ2) is 9.78. The van der Waals surface area contributed by atoms with Crippen LogP contribution >= 0.6 is 0 Å². The molecule has 7 heteroatoms. The lowest BCUT2D eigenvalue weighted by molar-refractivity contribution is -0.133. The minimum atomic E-state index is -0.164. The fraction of sp³-hybridized carbons (Fsp3) is 0.367. The molecule has 2 aromatic carbocycles. The molecule has 0 radical (unpaired) electrons. The number of amides is 2. The normalized spacial score (nSPS) is 22.2. The van der Waals surface area contributed by atoms with E-state index in [-0.39, 0.29) is 29.3 Å². The van der Waals surface area contributed by atoms with Crippen LogP contribution in [0.5, 0.6) is 0 Å². The van der Waals surface area contributed by atoms with Crippen LogP contribution in [0.15, 0.2) is 76.5 Å². The van der Waals surface area contributed by atoms with Gasteiger partial charge in [0.05, 0.1) is 6.26 Å². The van der Waals surface area contributed by atoms with Gasteiger partial charge < -0.3 is 19.1 Å². The molecule has 188 valence electrons. The zero-order valence-electron chi connectivity index (χ0n) is 20.8. The predicted octanol–water partition coefficient (Wildman–Crippen LogP) is 4.57. The summed E-state index contributed by atoms with van der Waals surface area (Å²) in [5, 5.41) is 12.5. The molecule has 2 aliphatic heterocycles. The highest BCUT2D eigenvalue weighted by Crippen LogP contribution is 2.41. The van der Waals surface area contributed by atoms with Crippen LogP contribution in [-0.2, 0) is 11.3 Å². The first-order valence-corrected chi connectivity index (χ1v) is 13.1. The van der Waals surface area contributed by atoms with Crippen LogP contribution in [0.1, 0.15) is 41.8 Å². The lowest BCUT2D eigenvalue weighted by atomic mass is 9.76. The summed E-state index contributed by atoms with van der Waals surface area (Å²) < 4.78 is 5.29. The molecule has 2 fully saturated rings. The second-order valence-electron chi connectivity index (χ2n) is 10.2. The number of nitrogens with zero attached hydrogens (tertiary/aromatic N) is 4. The van der Waals surface area contributed by atoms with E-state index in [1.54, 1.807) is 17.0 Å². The number of furan rings is 1. The molecule has 2 amide bonds. The Labute approximate surface area is 216 Å². The van der Waals surface area contributed by atoms with Crippen molar-refractivity contribution in [3.8, 4) is 6.07 Å². The van der Waals surface area contributed by atoms with Gasteiger partial charge in [-0.1, -0.05) is 49.2 Å². The van der Waals surface area contributed by atoms with Crippen molar-refractivity contribution in [1.29, 1.82) is 5.26 Å². The van der Waals surface area contributed by atoms with Crippen LogP contribution in [0.4, 0.5) is 0 Å². The molecule has 3 heterocycles. The summed E-state index contributed by atoms with van der Waals surface area (Å²) in [4.78, 5) is 32.5. The Morgan fingerprint density at radius 1 is 0.973 bits per heavy atom. The van der Waals surface area contributed by atoms with Crippen molar-refractivity contribution in [1.82, 2.24) is 14.7 Å². The quantitative estimate of drug-likeness (QED) is 0.531. The summed E-state index contributed by atoms with van der Waals surface area (Å²) in [6, 6.07) is 20.4. The van der Waals surface area contributed by atoms with E-state index in [0.29, 0.717) is 38.5 Å². The van der Waals surface area contributed by atoms with Gasteiger partial charge in [0.2, 0.25) is 0 Å². The van der Waals surface area contributed by atoms with Crippen LogP contribution in [0.2, 0.25) is 0 Å². The maximum Gasteiger partial charge on any atom is 0.289 e. The van der Waals surface area contributed by atoms with Gasteiger partial charge in [0.15, 0.2) is 5.76 Å². The highest BCUT2D eigenvalue weighted by molar-refractivity contribution is 5.99. The lowest BCUT2D eigenvalue weighted by Gasteiger charge is -2.49. The summed E-state index contributed by atoms with van der Waals surface area (Å²) >= 11 is 0. The number of rotatable bonds is 4. The lowest BCUT2D eigenvalue weighted by Crippen LogP contribution is -2.56. The van der Waals surface area contributed by atoms with Crippen molar-refractivity contribution in [3.05, 3.63) is 83.5 Å². The molecule has 2 atom stereocenters. The van der Waals surface area contributed by atoms with E-state index >= 15 is 0 Å². The Morgan fingerprint density at radius 3 is 2.51 bits per heavy atom. The van der Waals surface area contributed by atoms with E-state index in [1.807, 2.05) is 17.0 Å². The smallest absolute Gasteiger partial charge is 0.289 e. The van der Waals surface area contributed by atoms with Gasteiger partial charge in [0, 0.05) is 50.4 Å². The number of hydrogen-bond acceptors (Lipinski definition) is 5. The van der Waals surface area contributed by atoms with Crippen molar-refractivity contribution in [3.63, 3.8) is 0 Å². The average Bonchev–Trinajstić information content (AvgIpc) is 3.49. The molecule has 0 N–H and O–H groups in total. The maximum atomic E-state index is 13.8. The number of piperazine rings is 1. The third kappa shape index (κ3) is 4.27. The fourth-order valence-corrected chi connectivity index (χ4v) is 6.32. The third-order valence-corrected chi connectivity index (χ3v) is 8.13. The Kier molecular flexibility index (Phi) is 6.17. The highest BCUT2D eigenvalue weighted by Gasteiger charge is 2.45. The molecular formula is C30H30N4O3. The van der Waals surface area contributed by atoms with E-state index in [9.17, 15) is 14.9 Å². The summed E-state index contributed by atoms with van der Waals surface area (Å²) in [6.07, 6.45) is 5.61. The predicted molar refractivity (Wildman–Crippen MR) is 139 cm³/mol. The first-order valence-electron chi connectivity index (χ1n) is 13.1. The van der Waals surface area contributed by atoms with Crippen molar-refractivity contribution in [2.45, 2.75) is 38.3 Å². The van der Waals surface area contributed by atoms with Gasteiger partial charge in [-0.25, -0.2) is 0 Å². The van der Waals surface area contributed by atoms with E-state index in [1.165, 1.54) is 11.6 Å². The summed E-state index contributed by atoms with van der Waals surface area (Å²) in [6.45, 7) is 2.79. The Bertz CT molecular complexity index is 1400. The van der Waals surface area contributed by atoms with Gasteiger partial charge >= 0.3 is 0 Å². The summed E-state index contributed by atoms with van der Waals surface area (Å²) in [7, 11) is 0. The number of nitriles is 1. The average molecular weight is 495 g/mol. The van der Waals surface area contributed by atoms with E-state index in [2.05, 4.69) is 41.3 Å². The van der Waals surface area contributed by atoms with Crippen molar-refractivity contribution >= 4 is 22.6 Å². The molecule has 37 heavy (non-hydrogen) atoms. The largest absolute Gasteiger partial charge is 0.459 e. The van der Waals surface area contributed by atoms with Gasteiger partial charge in [-0.05, 0) is 47.4 Å². The van der Waals surface area contributed by atoms with Crippen LogP contribution in [0.25, 0.3) is 10.8 Å². The van der Waals surface area contributed by atoms with Gasteiger partial charge in [-0.2, -0.15) is 5.26 Å². The second-order valence-corrected chi connectivity index (χ2v) is 10.2. The van der Waals surface area contributed by atoms with Gasteiger partial charge in [-0.15, -0.1) is 0 Å². The standard InChI is InChI=1S/C30H30N4O3/c31-19-25-28(32-13-15-33(16-14-32)30(36)27-10-5-17-37-27)24-8-3-4-9-26(24)34(29(25)35)20-21-11-12-22-6-1-2-7-23(22)18-21/h1-2,5-7,10-12,17-18,24,26H,3-4,8-9,13-16,20H2. The Morgan fingerprint density at radius 2 is 1.76 bits per heavy atom. The van der Waals surface area contributed by atoms with Crippen LogP contribution in [0.3, 0.4) is 0 Å². The molecule has 2 unspecified atom stereocenters. The third-order valence-electron chi connectivity index (χ3n) is 8.13. The molecule has 7 nitrogen and oxygen atoms in total. The first-order chi connectivity index (χ1) is 18.1. The topological polar surface area (TPSA) is 80.8 Å². The summed E-state index contributed by atoms with van der Waals surface area (Å²) in [5.74, 6) is 0.211. The van der Waals surface area contributed by atoms with Crippen molar-refractivity contribution in [2.24, 2.45) is 5.92 Å². The van der Waals surface area contributed by atoms with Crippen molar-refractivity contribution < 1.29 is 14.0 Å². The molecule has 6 rings (SSSR count). The molecule has 3 aliphatic rings. The maximum absolute atomic E-state index is 13.8. The number of hydrogen-bond donors (Lipinski definition) is 0. The Hall–Kier alpha value is -4.05. The zero-order chi connectivity index (χ0) is 25.4. The number of carbonyl (C=O) groups excluding carboxylic acids is 2. The van der Waals surface area contributed by atoms with E-state index in [0.717, 1.165) is 42.3 Å². The van der Waals surface area contributed by atoms with E-state index < -0.39 is 0 Å². The van der Waals surface area contributed by atoms with Crippen LogP contribution in [0, 0.1) is 17.2 Å². The molecule has 0 spiro atoms. The molecule has 0 bridgehead atoms.